The molecule has 0 saturated carbocycles. The Hall–Kier alpha value is -0.160. The summed E-state index contributed by atoms with van der Waals surface area (Å²) < 4.78 is 13.8. The number of hydrogen-bond acceptors (Lipinski definition) is 1. The Kier molecular flexibility index (Phi) is 4.99. The van der Waals surface area contributed by atoms with Crippen molar-refractivity contribution in [1.29, 1.82) is 0 Å². The summed E-state index contributed by atoms with van der Waals surface area (Å²) >= 11 is 2.14. The molecule has 3 heteroatoms. The largest absolute Gasteiger partial charge is 0.324 e. The lowest BCUT2D eigenvalue weighted by Crippen LogP contribution is -2.12. The van der Waals surface area contributed by atoms with Gasteiger partial charge in [-0.2, -0.15) is 0 Å². The highest BCUT2D eigenvalue weighted by atomic mass is 127. The minimum absolute atomic E-state index is 0.0277. The van der Waals surface area contributed by atoms with Gasteiger partial charge >= 0.3 is 0 Å². The Balaban J connectivity index is 2.69. The Morgan fingerprint density at radius 1 is 1.33 bits per heavy atom. The number of rotatable bonds is 4. The summed E-state index contributed by atoms with van der Waals surface area (Å²) in [4.78, 5) is 0. The molecule has 0 saturated heterocycles. The molecule has 0 aliphatic rings. The van der Waals surface area contributed by atoms with Gasteiger partial charge in [0.2, 0.25) is 0 Å². The van der Waals surface area contributed by atoms with E-state index in [4.69, 9.17) is 5.73 Å². The molecule has 0 spiro atoms. The summed E-state index contributed by atoms with van der Waals surface area (Å²) in [6, 6.07) is 4.83. The molecule has 0 fully saturated rings. The lowest BCUT2D eigenvalue weighted by atomic mass is 9.98. The van der Waals surface area contributed by atoms with Crippen LogP contribution < -0.4 is 5.73 Å². The maximum absolute atomic E-state index is 12.9. The topological polar surface area (TPSA) is 26.0 Å². The molecule has 0 radical (unpaired) electrons. The molecule has 1 aromatic rings. The zero-order valence-electron chi connectivity index (χ0n) is 9.13. The molecule has 1 atom stereocenters. The van der Waals surface area contributed by atoms with E-state index < -0.39 is 0 Å². The van der Waals surface area contributed by atoms with Gasteiger partial charge in [-0.1, -0.05) is 19.9 Å². The van der Waals surface area contributed by atoms with Gasteiger partial charge in [0.1, 0.15) is 5.82 Å². The van der Waals surface area contributed by atoms with Crippen LogP contribution in [-0.2, 0) is 0 Å². The van der Waals surface area contributed by atoms with Crippen LogP contribution in [0, 0.1) is 15.3 Å². The summed E-state index contributed by atoms with van der Waals surface area (Å²) in [6.07, 6.45) is 2.06. The molecule has 15 heavy (non-hydrogen) atoms. The summed E-state index contributed by atoms with van der Waals surface area (Å²) in [5.74, 6) is 0.466. The number of benzene rings is 1. The van der Waals surface area contributed by atoms with Crippen LogP contribution in [-0.4, -0.2) is 0 Å². The highest BCUT2D eigenvalue weighted by Gasteiger charge is 2.10. The van der Waals surface area contributed by atoms with E-state index >= 15 is 0 Å². The lowest BCUT2D eigenvalue weighted by molar-refractivity contribution is 0.505. The predicted octanol–water partition coefficient (Wildman–Crippen LogP) is 3.87. The van der Waals surface area contributed by atoms with Crippen LogP contribution >= 0.6 is 22.6 Å². The SMILES string of the molecule is CC(C)CCC(N)c1ccc(F)cc1I. The van der Waals surface area contributed by atoms with Gasteiger partial charge in [-0.05, 0) is 59.0 Å². The average Bonchev–Trinajstić information content (AvgIpc) is 2.14. The molecular formula is C12H17FIN. The summed E-state index contributed by atoms with van der Waals surface area (Å²) in [5.41, 5.74) is 7.12. The molecule has 0 aromatic heterocycles. The van der Waals surface area contributed by atoms with E-state index in [-0.39, 0.29) is 11.9 Å². The first-order valence-corrected chi connectivity index (χ1v) is 6.29. The fraction of sp³-hybridized carbons (Fsp3) is 0.500. The molecule has 0 amide bonds. The third-order valence-corrected chi connectivity index (χ3v) is 3.35. The second-order valence-electron chi connectivity index (χ2n) is 4.24. The van der Waals surface area contributed by atoms with Gasteiger partial charge in [0.05, 0.1) is 0 Å². The van der Waals surface area contributed by atoms with Gasteiger partial charge in [-0.25, -0.2) is 4.39 Å². The monoisotopic (exact) mass is 321 g/mol. The first-order valence-electron chi connectivity index (χ1n) is 5.21. The zero-order valence-corrected chi connectivity index (χ0v) is 11.3. The average molecular weight is 321 g/mol. The van der Waals surface area contributed by atoms with Gasteiger partial charge in [0.25, 0.3) is 0 Å². The molecule has 1 nitrogen and oxygen atoms in total. The van der Waals surface area contributed by atoms with Gasteiger partial charge in [0.15, 0.2) is 0 Å². The van der Waals surface area contributed by atoms with E-state index in [1.54, 1.807) is 6.07 Å². The summed E-state index contributed by atoms with van der Waals surface area (Å²) in [7, 11) is 0. The summed E-state index contributed by atoms with van der Waals surface area (Å²) in [5, 5.41) is 0. The van der Waals surface area contributed by atoms with E-state index in [1.807, 2.05) is 0 Å². The minimum Gasteiger partial charge on any atom is -0.324 e. The molecule has 0 heterocycles. The molecule has 1 aromatic carbocycles. The van der Waals surface area contributed by atoms with Crippen molar-refractivity contribution in [2.75, 3.05) is 0 Å². The van der Waals surface area contributed by atoms with Crippen molar-refractivity contribution in [3.05, 3.63) is 33.1 Å². The van der Waals surface area contributed by atoms with Crippen molar-refractivity contribution < 1.29 is 4.39 Å². The normalized spacial score (nSPS) is 13.2. The Morgan fingerprint density at radius 3 is 2.53 bits per heavy atom. The van der Waals surface area contributed by atoms with Gasteiger partial charge in [-0.15, -0.1) is 0 Å². The van der Waals surface area contributed by atoms with E-state index in [0.29, 0.717) is 5.92 Å². The van der Waals surface area contributed by atoms with Crippen LogP contribution in [0.3, 0.4) is 0 Å². The van der Waals surface area contributed by atoms with E-state index in [0.717, 1.165) is 22.0 Å². The fourth-order valence-corrected chi connectivity index (χ4v) is 2.35. The van der Waals surface area contributed by atoms with Gasteiger partial charge < -0.3 is 5.73 Å². The van der Waals surface area contributed by atoms with E-state index in [2.05, 4.69) is 36.4 Å². The maximum Gasteiger partial charge on any atom is 0.124 e. The Bertz CT molecular complexity index is 325. The van der Waals surface area contributed by atoms with Crippen LogP contribution in [0.4, 0.5) is 4.39 Å². The van der Waals surface area contributed by atoms with Crippen molar-refractivity contribution in [2.24, 2.45) is 11.7 Å². The van der Waals surface area contributed by atoms with Crippen molar-refractivity contribution in [3.8, 4) is 0 Å². The third-order valence-electron chi connectivity index (χ3n) is 2.42. The Morgan fingerprint density at radius 2 is 2.00 bits per heavy atom. The smallest absolute Gasteiger partial charge is 0.124 e. The molecular weight excluding hydrogens is 304 g/mol. The lowest BCUT2D eigenvalue weighted by Gasteiger charge is -2.15. The number of nitrogens with two attached hydrogens (primary N) is 1. The van der Waals surface area contributed by atoms with Crippen molar-refractivity contribution >= 4 is 22.6 Å². The van der Waals surface area contributed by atoms with E-state index in [1.165, 1.54) is 12.1 Å². The first kappa shape index (κ1) is 12.9. The zero-order chi connectivity index (χ0) is 11.4. The minimum atomic E-state index is -0.195. The van der Waals surface area contributed by atoms with Crippen LogP contribution in [0.5, 0.6) is 0 Å². The molecule has 1 rings (SSSR count). The summed E-state index contributed by atoms with van der Waals surface area (Å²) in [6.45, 7) is 4.37. The second kappa shape index (κ2) is 5.80. The quantitative estimate of drug-likeness (QED) is 0.837. The van der Waals surface area contributed by atoms with Crippen molar-refractivity contribution in [2.45, 2.75) is 32.7 Å². The van der Waals surface area contributed by atoms with Crippen LogP contribution in [0.2, 0.25) is 0 Å². The van der Waals surface area contributed by atoms with Crippen LogP contribution in [0.1, 0.15) is 38.3 Å². The molecule has 0 aliphatic carbocycles. The highest BCUT2D eigenvalue weighted by molar-refractivity contribution is 14.1. The molecule has 0 bridgehead atoms. The standard InChI is InChI=1S/C12H17FIN/c1-8(2)3-6-12(15)10-5-4-9(13)7-11(10)14/h4-5,7-8,12H,3,6,15H2,1-2H3. The number of hydrogen-bond donors (Lipinski definition) is 1. The molecule has 84 valence electrons. The van der Waals surface area contributed by atoms with Crippen molar-refractivity contribution in [1.82, 2.24) is 0 Å². The molecule has 2 N–H and O–H groups in total. The Labute approximate surface area is 104 Å². The van der Waals surface area contributed by atoms with Gasteiger partial charge in [0, 0.05) is 9.61 Å². The number of halogens is 2. The van der Waals surface area contributed by atoms with E-state index in [9.17, 15) is 4.39 Å². The second-order valence-corrected chi connectivity index (χ2v) is 5.41. The maximum atomic E-state index is 12.9. The van der Waals surface area contributed by atoms with Crippen molar-refractivity contribution in [3.63, 3.8) is 0 Å². The highest BCUT2D eigenvalue weighted by Crippen LogP contribution is 2.23. The predicted molar refractivity (Wildman–Crippen MR) is 70.1 cm³/mol. The van der Waals surface area contributed by atoms with Crippen LogP contribution in [0.15, 0.2) is 18.2 Å². The molecule has 0 aliphatic heterocycles. The fourth-order valence-electron chi connectivity index (χ4n) is 1.47. The van der Waals surface area contributed by atoms with Crippen LogP contribution in [0.25, 0.3) is 0 Å². The molecule has 1 unspecified atom stereocenters. The van der Waals surface area contributed by atoms with Gasteiger partial charge in [-0.3, -0.25) is 0 Å². The first-order chi connectivity index (χ1) is 7.00. The third kappa shape index (κ3) is 4.07.